The van der Waals surface area contributed by atoms with Gasteiger partial charge in [0, 0.05) is 24.5 Å². The zero-order chi connectivity index (χ0) is 26.3. The van der Waals surface area contributed by atoms with Gasteiger partial charge in [0.15, 0.2) is 5.69 Å². The number of likely N-dealkylation sites (tertiary alicyclic amines) is 1. The molecule has 1 saturated heterocycles. The Labute approximate surface area is 212 Å². The Hall–Kier alpha value is -3.50. The molecule has 1 saturated carbocycles. The number of carbonyl (C=O) groups excluding carboxylic acids is 1. The lowest BCUT2D eigenvalue weighted by molar-refractivity contribution is -0.137. The van der Waals surface area contributed by atoms with Crippen molar-refractivity contribution in [3.8, 4) is 11.6 Å². The predicted octanol–water partition coefficient (Wildman–Crippen LogP) is 4.87. The highest BCUT2D eigenvalue weighted by atomic mass is 19.4. The van der Waals surface area contributed by atoms with Gasteiger partial charge in [0.2, 0.25) is 5.88 Å². The van der Waals surface area contributed by atoms with E-state index in [-0.39, 0.29) is 29.6 Å². The Morgan fingerprint density at radius 3 is 2.54 bits per heavy atom. The summed E-state index contributed by atoms with van der Waals surface area (Å²) in [4.78, 5) is 25.8. The number of aromatic nitrogens is 5. The standard InChI is InChI=1S/C26H29F3N6O2/c1-15(2)10-19-17-4-6-22(37-23-7-5-18(14-30-23)26(27,28)29)20(12-17)34(19)25(36)24-21(11-16(3)13-31-24)35-32-8-9-33-35/h5,7-9,11,13-15,17,19-20,22H,4,6,10,12H2,1-3H3. The van der Waals surface area contributed by atoms with Gasteiger partial charge in [-0.3, -0.25) is 4.79 Å². The molecule has 37 heavy (non-hydrogen) atoms. The molecule has 0 aromatic carbocycles. The van der Waals surface area contributed by atoms with Gasteiger partial charge >= 0.3 is 6.18 Å². The minimum absolute atomic E-state index is 0.00759. The average molecular weight is 515 g/mol. The molecule has 0 radical (unpaired) electrons. The first kappa shape index (κ1) is 25.2. The van der Waals surface area contributed by atoms with Crippen LogP contribution in [0.15, 0.2) is 43.0 Å². The van der Waals surface area contributed by atoms with Crippen molar-refractivity contribution in [2.24, 2.45) is 11.8 Å². The SMILES string of the molecule is Cc1cnc(C(=O)N2C(CC(C)C)C3CCC(Oc4ccc(C(F)(F)F)cn4)C2C3)c(-n2nccn2)c1. The minimum Gasteiger partial charge on any atom is -0.472 e. The summed E-state index contributed by atoms with van der Waals surface area (Å²) in [5.41, 5.74) is 0.803. The molecule has 3 aromatic heterocycles. The summed E-state index contributed by atoms with van der Waals surface area (Å²) in [7, 11) is 0. The Morgan fingerprint density at radius 2 is 1.89 bits per heavy atom. The van der Waals surface area contributed by atoms with Gasteiger partial charge in [0.1, 0.15) is 11.8 Å². The van der Waals surface area contributed by atoms with Gasteiger partial charge < -0.3 is 9.64 Å². The summed E-state index contributed by atoms with van der Waals surface area (Å²) in [5, 5.41) is 8.42. The molecule has 1 aliphatic carbocycles. The lowest BCUT2D eigenvalue weighted by atomic mass is 9.83. The third kappa shape index (κ3) is 5.03. The van der Waals surface area contributed by atoms with E-state index in [0.717, 1.165) is 37.1 Å². The summed E-state index contributed by atoms with van der Waals surface area (Å²) >= 11 is 0. The topological polar surface area (TPSA) is 86.0 Å². The molecular weight excluding hydrogens is 485 g/mol. The number of fused-ring (bicyclic) bond motifs is 2. The van der Waals surface area contributed by atoms with Gasteiger partial charge in [-0.25, -0.2) is 9.97 Å². The van der Waals surface area contributed by atoms with Gasteiger partial charge in [-0.05, 0) is 62.1 Å². The van der Waals surface area contributed by atoms with Gasteiger partial charge in [-0.2, -0.15) is 23.4 Å². The van der Waals surface area contributed by atoms with Crippen molar-refractivity contribution in [3.63, 3.8) is 0 Å². The number of halogens is 3. The molecule has 5 rings (SSSR count). The van der Waals surface area contributed by atoms with Gasteiger partial charge in [0.05, 0.1) is 24.0 Å². The molecule has 8 nitrogen and oxygen atoms in total. The summed E-state index contributed by atoms with van der Waals surface area (Å²) in [5.74, 6) is 0.578. The number of ether oxygens (including phenoxy) is 1. The maximum absolute atomic E-state index is 14.2. The second-order valence-corrected chi connectivity index (χ2v) is 10.3. The summed E-state index contributed by atoms with van der Waals surface area (Å²) in [6, 6.07) is 3.80. The molecule has 4 heterocycles. The van der Waals surface area contributed by atoms with Crippen molar-refractivity contribution in [2.45, 2.75) is 70.8 Å². The van der Waals surface area contributed by atoms with E-state index in [0.29, 0.717) is 23.9 Å². The molecule has 11 heteroatoms. The van der Waals surface area contributed by atoms with E-state index < -0.39 is 17.8 Å². The van der Waals surface area contributed by atoms with Crippen molar-refractivity contribution in [1.29, 1.82) is 0 Å². The minimum atomic E-state index is -4.47. The van der Waals surface area contributed by atoms with Gasteiger partial charge in [-0.1, -0.05) is 13.8 Å². The van der Waals surface area contributed by atoms with Crippen LogP contribution in [0.2, 0.25) is 0 Å². The van der Waals surface area contributed by atoms with Crippen LogP contribution in [0.1, 0.15) is 61.1 Å². The molecule has 2 fully saturated rings. The predicted molar refractivity (Wildman–Crippen MR) is 128 cm³/mol. The Bertz CT molecular complexity index is 1250. The lowest BCUT2D eigenvalue weighted by Gasteiger charge is -2.34. The van der Waals surface area contributed by atoms with Crippen molar-refractivity contribution >= 4 is 5.91 Å². The number of alkyl halides is 3. The maximum atomic E-state index is 14.2. The number of aryl methyl sites for hydroxylation is 1. The molecular formula is C26H29F3N6O2. The largest absolute Gasteiger partial charge is 0.472 e. The number of pyridine rings is 2. The van der Waals surface area contributed by atoms with Crippen LogP contribution in [-0.2, 0) is 6.18 Å². The number of rotatable bonds is 6. The van der Waals surface area contributed by atoms with E-state index in [1.54, 1.807) is 18.6 Å². The van der Waals surface area contributed by atoms with E-state index >= 15 is 0 Å². The van der Waals surface area contributed by atoms with Crippen molar-refractivity contribution in [2.75, 3.05) is 0 Å². The monoisotopic (exact) mass is 514 g/mol. The molecule has 196 valence electrons. The smallest absolute Gasteiger partial charge is 0.417 e. The van der Waals surface area contributed by atoms with Crippen LogP contribution in [0, 0.1) is 18.8 Å². The zero-order valence-corrected chi connectivity index (χ0v) is 20.9. The molecule has 2 aliphatic rings. The molecule has 4 unspecified atom stereocenters. The molecule has 1 amide bonds. The fourth-order valence-electron chi connectivity index (χ4n) is 5.60. The number of carbonyl (C=O) groups is 1. The number of hydrogen-bond acceptors (Lipinski definition) is 6. The highest BCUT2D eigenvalue weighted by Gasteiger charge is 2.51. The quantitative estimate of drug-likeness (QED) is 0.467. The summed E-state index contributed by atoms with van der Waals surface area (Å²) in [6.45, 7) is 6.15. The highest BCUT2D eigenvalue weighted by Crippen LogP contribution is 2.44. The van der Waals surface area contributed by atoms with Crippen molar-refractivity contribution in [1.82, 2.24) is 29.9 Å². The van der Waals surface area contributed by atoms with Gasteiger partial charge in [0.25, 0.3) is 5.91 Å². The van der Waals surface area contributed by atoms with E-state index in [1.165, 1.54) is 10.9 Å². The van der Waals surface area contributed by atoms with Gasteiger partial charge in [-0.15, -0.1) is 4.80 Å². The molecule has 4 atom stereocenters. The molecule has 3 aromatic rings. The van der Waals surface area contributed by atoms with E-state index in [9.17, 15) is 18.0 Å². The van der Waals surface area contributed by atoms with E-state index in [4.69, 9.17) is 4.74 Å². The summed E-state index contributed by atoms with van der Waals surface area (Å²) in [6.07, 6.45) is 3.80. The fraction of sp³-hybridized carbons (Fsp3) is 0.500. The Morgan fingerprint density at radius 1 is 1.14 bits per heavy atom. The summed E-state index contributed by atoms with van der Waals surface area (Å²) < 4.78 is 45.0. The first-order valence-electron chi connectivity index (χ1n) is 12.5. The maximum Gasteiger partial charge on any atom is 0.417 e. The Kier molecular flexibility index (Phi) is 6.63. The van der Waals surface area contributed by atoms with Crippen molar-refractivity contribution < 1.29 is 22.7 Å². The third-order valence-electron chi connectivity index (χ3n) is 7.18. The molecule has 1 aliphatic heterocycles. The first-order valence-corrected chi connectivity index (χ1v) is 12.5. The molecule has 0 spiro atoms. The van der Waals surface area contributed by atoms with Crippen LogP contribution >= 0.6 is 0 Å². The fourth-order valence-corrected chi connectivity index (χ4v) is 5.60. The second kappa shape index (κ2) is 9.75. The van der Waals surface area contributed by atoms with Crippen molar-refractivity contribution in [3.05, 3.63) is 59.8 Å². The molecule has 2 bridgehead atoms. The number of nitrogens with zero attached hydrogens (tertiary/aromatic N) is 6. The number of hydrogen-bond donors (Lipinski definition) is 0. The Balaban J connectivity index is 1.47. The van der Waals surface area contributed by atoms with Crippen LogP contribution in [0.4, 0.5) is 13.2 Å². The van der Waals surface area contributed by atoms with Crippen LogP contribution in [-0.4, -0.2) is 54.0 Å². The van der Waals surface area contributed by atoms with Crippen LogP contribution in [0.5, 0.6) is 5.88 Å². The highest BCUT2D eigenvalue weighted by molar-refractivity contribution is 5.96. The average Bonchev–Trinajstić information content (AvgIpc) is 3.47. The van der Waals surface area contributed by atoms with Crippen LogP contribution < -0.4 is 4.74 Å². The van der Waals surface area contributed by atoms with Crippen LogP contribution in [0.3, 0.4) is 0 Å². The normalized spacial score (nSPS) is 23.5. The number of amides is 1. The van der Waals surface area contributed by atoms with E-state index in [2.05, 4.69) is 34.0 Å². The van der Waals surface area contributed by atoms with E-state index in [1.807, 2.05) is 17.9 Å². The third-order valence-corrected chi connectivity index (χ3v) is 7.18. The lowest BCUT2D eigenvalue weighted by Crippen LogP contribution is -2.48. The zero-order valence-electron chi connectivity index (χ0n) is 20.9. The molecule has 0 N–H and O–H groups in total. The van der Waals surface area contributed by atoms with Crippen LogP contribution in [0.25, 0.3) is 5.69 Å². The second-order valence-electron chi connectivity index (χ2n) is 10.3. The first-order chi connectivity index (χ1) is 17.6.